The van der Waals surface area contributed by atoms with E-state index in [1.54, 1.807) is 47.3 Å². The predicted molar refractivity (Wildman–Crippen MR) is 132 cm³/mol. The normalized spacial score (nSPS) is 11.2. The minimum Gasteiger partial charge on any atom is -0.497 e. The lowest BCUT2D eigenvalue weighted by Crippen LogP contribution is -2.24. The number of anilines is 1. The van der Waals surface area contributed by atoms with Gasteiger partial charge in [0, 0.05) is 16.0 Å². The average molecular weight is 478 g/mol. The van der Waals surface area contributed by atoms with Gasteiger partial charge in [-0.3, -0.25) is 14.2 Å². The first-order valence-electron chi connectivity index (χ1n) is 10.1. The lowest BCUT2D eigenvalue weighted by atomic mass is 10.2. The van der Waals surface area contributed by atoms with Crippen LogP contribution >= 0.6 is 23.1 Å². The molecule has 0 aliphatic rings. The van der Waals surface area contributed by atoms with E-state index in [4.69, 9.17) is 14.1 Å². The number of aromatic nitrogens is 2. The SMILES string of the molecule is COc1ccc(NC(=O)CSc2nc3c(oc4ccccc43)c(=O)n2Cc2cccs2)cc1. The van der Waals surface area contributed by atoms with Gasteiger partial charge in [0.25, 0.3) is 5.56 Å². The Morgan fingerprint density at radius 1 is 1.15 bits per heavy atom. The lowest BCUT2D eigenvalue weighted by Gasteiger charge is -2.11. The van der Waals surface area contributed by atoms with Crippen LogP contribution in [0.15, 0.2) is 80.4 Å². The van der Waals surface area contributed by atoms with Crippen LogP contribution in [0.5, 0.6) is 5.75 Å². The molecule has 7 nitrogen and oxygen atoms in total. The van der Waals surface area contributed by atoms with E-state index in [0.717, 1.165) is 10.3 Å². The van der Waals surface area contributed by atoms with Crippen molar-refractivity contribution in [1.82, 2.24) is 9.55 Å². The maximum Gasteiger partial charge on any atom is 0.298 e. The molecule has 9 heteroatoms. The van der Waals surface area contributed by atoms with Gasteiger partial charge in [-0.1, -0.05) is 30.0 Å². The summed E-state index contributed by atoms with van der Waals surface area (Å²) in [5, 5.41) is 6.06. The maximum atomic E-state index is 13.3. The first-order valence-corrected chi connectivity index (χ1v) is 12.0. The van der Waals surface area contributed by atoms with Gasteiger partial charge in [-0.2, -0.15) is 0 Å². The van der Waals surface area contributed by atoms with Crippen molar-refractivity contribution in [1.29, 1.82) is 0 Å². The number of thioether (sulfide) groups is 1. The van der Waals surface area contributed by atoms with Gasteiger partial charge in [0.1, 0.15) is 16.8 Å². The fraction of sp³-hybridized carbons (Fsp3) is 0.125. The van der Waals surface area contributed by atoms with Crippen molar-refractivity contribution in [2.75, 3.05) is 18.2 Å². The third-order valence-electron chi connectivity index (χ3n) is 5.05. The van der Waals surface area contributed by atoms with Gasteiger partial charge in [0.15, 0.2) is 5.16 Å². The second-order valence-electron chi connectivity index (χ2n) is 7.21. The number of carbonyl (C=O) groups is 1. The van der Waals surface area contributed by atoms with Crippen LogP contribution in [0.2, 0.25) is 0 Å². The number of ether oxygens (including phenoxy) is 1. The van der Waals surface area contributed by atoms with Gasteiger partial charge in [0.05, 0.1) is 19.4 Å². The van der Waals surface area contributed by atoms with Crippen LogP contribution in [0, 0.1) is 0 Å². The van der Waals surface area contributed by atoms with Crippen molar-refractivity contribution in [2.24, 2.45) is 0 Å². The number of benzene rings is 2. The molecule has 1 amide bonds. The number of thiophene rings is 1. The first kappa shape index (κ1) is 21.3. The number of amides is 1. The van der Waals surface area contributed by atoms with Gasteiger partial charge in [-0.15, -0.1) is 11.3 Å². The average Bonchev–Trinajstić information content (AvgIpc) is 3.48. The van der Waals surface area contributed by atoms with E-state index in [2.05, 4.69) is 5.32 Å². The van der Waals surface area contributed by atoms with Crippen LogP contribution in [0.25, 0.3) is 22.1 Å². The molecule has 0 radical (unpaired) electrons. The largest absolute Gasteiger partial charge is 0.497 e. The van der Waals surface area contributed by atoms with Crippen molar-refractivity contribution in [3.63, 3.8) is 0 Å². The summed E-state index contributed by atoms with van der Waals surface area (Å²) in [7, 11) is 1.59. The summed E-state index contributed by atoms with van der Waals surface area (Å²) in [5.41, 5.74) is 1.75. The standard InChI is InChI=1S/C24H19N3O4S2/c1-30-16-10-8-15(9-11-16)25-20(28)14-33-24-26-21-18-6-2-3-7-19(18)31-22(21)23(29)27(24)13-17-5-4-12-32-17/h2-12H,13-14H2,1H3,(H,25,28). The summed E-state index contributed by atoms with van der Waals surface area (Å²) >= 11 is 2.78. The molecular weight excluding hydrogens is 458 g/mol. The van der Waals surface area contributed by atoms with Gasteiger partial charge in [-0.25, -0.2) is 4.98 Å². The molecule has 1 N–H and O–H groups in total. The van der Waals surface area contributed by atoms with E-state index in [9.17, 15) is 9.59 Å². The Morgan fingerprint density at radius 3 is 2.73 bits per heavy atom. The smallest absolute Gasteiger partial charge is 0.298 e. The molecule has 33 heavy (non-hydrogen) atoms. The number of carbonyl (C=O) groups excluding carboxylic acids is 1. The number of hydrogen-bond donors (Lipinski definition) is 1. The van der Waals surface area contributed by atoms with Crippen LogP contribution < -0.4 is 15.6 Å². The molecule has 0 fully saturated rings. The molecular formula is C24H19N3O4S2. The highest BCUT2D eigenvalue weighted by Gasteiger charge is 2.19. The molecule has 0 aliphatic heterocycles. The van der Waals surface area contributed by atoms with Crippen molar-refractivity contribution >= 4 is 56.8 Å². The Hall–Kier alpha value is -3.56. The Bertz CT molecular complexity index is 1490. The van der Waals surface area contributed by atoms with Gasteiger partial charge < -0.3 is 14.5 Å². The number of methoxy groups -OCH3 is 1. The molecule has 0 unspecified atom stereocenters. The number of nitrogens with zero attached hydrogens (tertiary/aromatic N) is 2. The summed E-state index contributed by atoms with van der Waals surface area (Å²) < 4.78 is 12.5. The van der Waals surface area contributed by atoms with E-state index in [0.29, 0.717) is 34.2 Å². The number of hydrogen-bond acceptors (Lipinski definition) is 7. The highest BCUT2D eigenvalue weighted by molar-refractivity contribution is 7.99. The molecule has 3 heterocycles. The summed E-state index contributed by atoms with van der Waals surface area (Å²) in [6.45, 7) is 0.360. The maximum absolute atomic E-state index is 13.3. The minimum atomic E-state index is -0.261. The molecule has 0 saturated carbocycles. The predicted octanol–water partition coefficient (Wildman–Crippen LogP) is 4.99. The molecule has 0 saturated heterocycles. The van der Waals surface area contributed by atoms with Crippen molar-refractivity contribution in [2.45, 2.75) is 11.7 Å². The van der Waals surface area contributed by atoms with E-state index >= 15 is 0 Å². The lowest BCUT2D eigenvalue weighted by molar-refractivity contribution is -0.113. The summed E-state index contributed by atoms with van der Waals surface area (Å²) in [6, 6.07) is 18.4. The third kappa shape index (κ3) is 4.37. The zero-order valence-corrected chi connectivity index (χ0v) is 19.2. The summed E-state index contributed by atoms with van der Waals surface area (Å²) in [5.74, 6) is 0.619. The zero-order chi connectivity index (χ0) is 22.8. The highest BCUT2D eigenvalue weighted by atomic mass is 32.2. The number of furan rings is 1. The molecule has 0 atom stereocenters. The second-order valence-corrected chi connectivity index (χ2v) is 9.18. The molecule has 3 aromatic heterocycles. The third-order valence-corrected chi connectivity index (χ3v) is 6.88. The quantitative estimate of drug-likeness (QED) is 0.262. The fourth-order valence-corrected chi connectivity index (χ4v) is 4.95. The first-order chi connectivity index (χ1) is 16.1. The van der Waals surface area contributed by atoms with Crippen LogP contribution in [0.3, 0.4) is 0 Å². The number of rotatable bonds is 7. The number of nitrogens with one attached hydrogen (secondary N) is 1. The Balaban J connectivity index is 1.46. The molecule has 0 spiro atoms. The molecule has 0 bridgehead atoms. The van der Waals surface area contributed by atoms with Crippen LogP contribution in [0.1, 0.15) is 4.88 Å². The molecule has 0 aliphatic carbocycles. The fourth-order valence-electron chi connectivity index (χ4n) is 3.46. The van der Waals surface area contributed by atoms with E-state index in [-0.39, 0.29) is 22.8 Å². The second kappa shape index (κ2) is 9.13. The van der Waals surface area contributed by atoms with Gasteiger partial charge in [0.2, 0.25) is 11.5 Å². The minimum absolute atomic E-state index is 0.101. The molecule has 5 rings (SSSR count). The van der Waals surface area contributed by atoms with Gasteiger partial charge >= 0.3 is 0 Å². The molecule has 5 aromatic rings. The summed E-state index contributed by atoms with van der Waals surface area (Å²) in [6.07, 6.45) is 0. The zero-order valence-electron chi connectivity index (χ0n) is 17.6. The van der Waals surface area contributed by atoms with E-state index in [1.165, 1.54) is 11.8 Å². The molecule has 2 aromatic carbocycles. The Labute approximate surface area is 197 Å². The van der Waals surface area contributed by atoms with Gasteiger partial charge in [-0.05, 0) is 47.8 Å². The van der Waals surface area contributed by atoms with E-state index in [1.807, 2.05) is 41.8 Å². The summed E-state index contributed by atoms with van der Waals surface area (Å²) in [4.78, 5) is 31.7. The van der Waals surface area contributed by atoms with Crippen molar-refractivity contribution < 1.29 is 13.9 Å². The van der Waals surface area contributed by atoms with Crippen LogP contribution in [-0.2, 0) is 11.3 Å². The van der Waals surface area contributed by atoms with E-state index < -0.39 is 0 Å². The topological polar surface area (TPSA) is 86.4 Å². The number of para-hydroxylation sites is 1. The number of fused-ring (bicyclic) bond motifs is 3. The van der Waals surface area contributed by atoms with Crippen molar-refractivity contribution in [3.05, 3.63) is 81.3 Å². The Kier molecular flexibility index (Phi) is 5.89. The highest BCUT2D eigenvalue weighted by Crippen LogP contribution is 2.28. The van der Waals surface area contributed by atoms with Crippen LogP contribution in [-0.4, -0.2) is 28.3 Å². The molecule has 166 valence electrons. The van der Waals surface area contributed by atoms with Crippen molar-refractivity contribution in [3.8, 4) is 5.75 Å². The monoisotopic (exact) mass is 477 g/mol. The van der Waals surface area contributed by atoms with Crippen LogP contribution in [0.4, 0.5) is 5.69 Å². The Morgan fingerprint density at radius 2 is 1.97 bits per heavy atom.